The second kappa shape index (κ2) is 4.31. The van der Waals surface area contributed by atoms with Crippen molar-refractivity contribution in [3.63, 3.8) is 0 Å². The summed E-state index contributed by atoms with van der Waals surface area (Å²) in [6.45, 7) is 0.393. The lowest BCUT2D eigenvalue weighted by atomic mass is 10.5. The highest BCUT2D eigenvalue weighted by atomic mass is 32.2. The van der Waals surface area contributed by atoms with Crippen LogP contribution in [0.1, 0.15) is 6.42 Å². The monoisotopic (exact) mass is 161 g/mol. The molecular formula is C6H11NO2S. The highest BCUT2D eigenvalue weighted by molar-refractivity contribution is 7.91. The van der Waals surface area contributed by atoms with E-state index in [1.807, 2.05) is 0 Å². The van der Waals surface area contributed by atoms with E-state index in [0.717, 1.165) is 0 Å². The molecule has 0 aliphatic rings. The molecule has 0 aromatic carbocycles. The Morgan fingerprint density at radius 1 is 1.50 bits per heavy atom. The van der Waals surface area contributed by atoms with E-state index in [0.29, 0.717) is 13.0 Å². The van der Waals surface area contributed by atoms with Crippen molar-refractivity contribution >= 4 is 9.84 Å². The van der Waals surface area contributed by atoms with Gasteiger partial charge in [-0.2, -0.15) is 0 Å². The summed E-state index contributed by atoms with van der Waals surface area (Å²) < 4.78 is 21.6. The van der Waals surface area contributed by atoms with Gasteiger partial charge in [-0.1, -0.05) is 5.92 Å². The van der Waals surface area contributed by atoms with Gasteiger partial charge >= 0.3 is 0 Å². The van der Waals surface area contributed by atoms with Crippen molar-refractivity contribution in [2.75, 3.05) is 18.1 Å². The van der Waals surface area contributed by atoms with Crippen LogP contribution in [0.2, 0.25) is 0 Å². The van der Waals surface area contributed by atoms with Gasteiger partial charge in [-0.3, -0.25) is 0 Å². The highest BCUT2D eigenvalue weighted by Gasteiger charge is 2.06. The fourth-order valence-electron chi connectivity index (χ4n) is 0.502. The van der Waals surface area contributed by atoms with Crippen LogP contribution in [0.25, 0.3) is 0 Å². The van der Waals surface area contributed by atoms with Crippen molar-refractivity contribution in [3.8, 4) is 12.3 Å². The molecule has 0 spiro atoms. The van der Waals surface area contributed by atoms with E-state index in [-0.39, 0.29) is 11.5 Å². The average Bonchev–Trinajstić information content (AvgIpc) is 1.84. The fourth-order valence-corrected chi connectivity index (χ4v) is 1.51. The molecule has 0 saturated carbocycles. The molecule has 2 N–H and O–H groups in total. The third-order valence-electron chi connectivity index (χ3n) is 0.963. The van der Waals surface area contributed by atoms with Crippen molar-refractivity contribution in [1.82, 2.24) is 0 Å². The summed E-state index contributed by atoms with van der Waals surface area (Å²) in [5.41, 5.74) is 5.12. The molecule has 0 aliphatic carbocycles. The normalized spacial score (nSPS) is 10.8. The lowest BCUT2D eigenvalue weighted by Crippen LogP contribution is -2.13. The maximum absolute atomic E-state index is 10.8. The van der Waals surface area contributed by atoms with Gasteiger partial charge in [0.25, 0.3) is 0 Å². The molecule has 0 unspecified atom stereocenters. The molecule has 0 rings (SSSR count). The summed E-state index contributed by atoms with van der Waals surface area (Å²) in [6, 6.07) is 0. The summed E-state index contributed by atoms with van der Waals surface area (Å²) in [5.74, 6) is 2.02. The van der Waals surface area contributed by atoms with Crippen LogP contribution in [0.4, 0.5) is 0 Å². The molecule has 0 saturated heterocycles. The first-order chi connectivity index (χ1) is 4.62. The minimum atomic E-state index is -3.01. The fraction of sp³-hybridized carbons (Fsp3) is 0.667. The minimum Gasteiger partial charge on any atom is -0.330 e. The zero-order valence-electron chi connectivity index (χ0n) is 5.71. The SMILES string of the molecule is C#CCS(=O)(=O)CCCN. The van der Waals surface area contributed by atoms with E-state index in [2.05, 4.69) is 5.92 Å². The molecule has 0 amide bonds. The third-order valence-corrected chi connectivity index (χ3v) is 2.48. The predicted octanol–water partition coefficient (Wildman–Crippen LogP) is -0.617. The second-order valence-electron chi connectivity index (χ2n) is 1.94. The number of sulfone groups is 1. The molecule has 0 heterocycles. The first-order valence-corrected chi connectivity index (χ1v) is 4.78. The molecule has 0 aliphatic heterocycles. The van der Waals surface area contributed by atoms with Gasteiger partial charge < -0.3 is 5.73 Å². The lowest BCUT2D eigenvalue weighted by Gasteiger charge is -1.96. The van der Waals surface area contributed by atoms with Gasteiger partial charge in [0.15, 0.2) is 9.84 Å². The van der Waals surface area contributed by atoms with Gasteiger partial charge in [0.2, 0.25) is 0 Å². The molecule has 0 atom stereocenters. The van der Waals surface area contributed by atoms with Crippen LogP contribution >= 0.6 is 0 Å². The van der Waals surface area contributed by atoms with E-state index in [4.69, 9.17) is 12.2 Å². The van der Waals surface area contributed by atoms with E-state index >= 15 is 0 Å². The molecular weight excluding hydrogens is 150 g/mol. The molecule has 0 bridgehead atoms. The molecule has 0 fully saturated rings. The van der Waals surface area contributed by atoms with Crippen molar-refractivity contribution in [3.05, 3.63) is 0 Å². The summed E-state index contributed by atoms with van der Waals surface area (Å²) in [4.78, 5) is 0. The van der Waals surface area contributed by atoms with Gasteiger partial charge in [0.1, 0.15) is 5.75 Å². The zero-order valence-corrected chi connectivity index (χ0v) is 6.52. The largest absolute Gasteiger partial charge is 0.330 e. The van der Waals surface area contributed by atoms with Gasteiger partial charge in [-0.05, 0) is 13.0 Å². The van der Waals surface area contributed by atoms with Crippen molar-refractivity contribution in [2.45, 2.75) is 6.42 Å². The summed E-state index contributed by atoms with van der Waals surface area (Å²) >= 11 is 0. The van der Waals surface area contributed by atoms with Crippen LogP contribution in [-0.4, -0.2) is 26.5 Å². The molecule has 0 aromatic heterocycles. The molecule has 3 nitrogen and oxygen atoms in total. The second-order valence-corrected chi connectivity index (χ2v) is 4.12. The average molecular weight is 161 g/mol. The van der Waals surface area contributed by atoms with E-state index in [9.17, 15) is 8.42 Å². The third kappa shape index (κ3) is 4.36. The predicted molar refractivity (Wildman–Crippen MR) is 41.2 cm³/mol. The lowest BCUT2D eigenvalue weighted by molar-refractivity contribution is 0.597. The standard InChI is InChI=1S/C6H11NO2S/c1-2-5-10(8,9)6-3-4-7/h1H,3-7H2. The smallest absolute Gasteiger partial charge is 0.161 e. The van der Waals surface area contributed by atoms with Gasteiger partial charge in [-0.25, -0.2) is 8.42 Å². The van der Waals surface area contributed by atoms with Crippen LogP contribution in [0.5, 0.6) is 0 Å². The Labute approximate surface area is 61.5 Å². The van der Waals surface area contributed by atoms with Crippen LogP contribution in [0.15, 0.2) is 0 Å². The first-order valence-electron chi connectivity index (χ1n) is 2.96. The molecule has 0 aromatic rings. The Hall–Kier alpha value is -0.530. The van der Waals surface area contributed by atoms with Crippen LogP contribution in [-0.2, 0) is 9.84 Å². The van der Waals surface area contributed by atoms with Crippen molar-refractivity contribution < 1.29 is 8.42 Å². The van der Waals surface area contributed by atoms with Crippen LogP contribution in [0, 0.1) is 12.3 Å². The Kier molecular flexibility index (Phi) is 4.08. The summed E-state index contributed by atoms with van der Waals surface area (Å²) in [5, 5.41) is 0. The first kappa shape index (κ1) is 9.47. The van der Waals surface area contributed by atoms with Crippen molar-refractivity contribution in [2.24, 2.45) is 5.73 Å². The van der Waals surface area contributed by atoms with Gasteiger partial charge in [-0.15, -0.1) is 6.42 Å². The summed E-state index contributed by atoms with van der Waals surface area (Å²) in [7, 11) is -3.01. The van der Waals surface area contributed by atoms with Crippen LogP contribution < -0.4 is 5.73 Å². The number of hydrogen-bond acceptors (Lipinski definition) is 3. The minimum absolute atomic E-state index is 0.105. The summed E-state index contributed by atoms with van der Waals surface area (Å²) in [6.07, 6.45) is 5.32. The number of rotatable bonds is 4. The molecule has 10 heavy (non-hydrogen) atoms. The topological polar surface area (TPSA) is 60.2 Å². The van der Waals surface area contributed by atoms with E-state index in [1.54, 1.807) is 0 Å². The molecule has 0 radical (unpaired) electrons. The van der Waals surface area contributed by atoms with Crippen molar-refractivity contribution in [1.29, 1.82) is 0 Å². The van der Waals surface area contributed by atoms with E-state index < -0.39 is 9.84 Å². The number of terminal acetylenes is 1. The highest BCUT2D eigenvalue weighted by Crippen LogP contribution is 1.90. The Balaban J connectivity index is 3.80. The van der Waals surface area contributed by atoms with Gasteiger partial charge in [0.05, 0.1) is 5.75 Å². The molecule has 4 heteroatoms. The maximum atomic E-state index is 10.8. The number of nitrogens with two attached hydrogens (primary N) is 1. The van der Waals surface area contributed by atoms with Crippen LogP contribution in [0.3, 0.4) is 0 Å². The number of hydrogen-bond donors (Lipinski definition) is 1. The Morgan fingerprint density at radius 3 is 2.50 bits per heavy atom. The Morgan fingerprint density at radius 2 is 2.10 bits per heavy atom. The zero-order chi connectivity index (χ0) is 8.04. The molecule has 58 valence electrons. The van der Waals surface area contributed by atoms with E-state index in [1.165, 1.54) is 0 Å². The Bertz CT molecular complexity index is 212. The van der Waals surface area contributed by atoms with Gasteiger partial charge in [0, 0.05) is 0 Å². The quantitative estimate of drug-likeness (QED) is 0.559. The maximum Gasteiger partial charge on any atom is 0.161 e.